The van der Waals surface area contributed by atoms with E-state index in [1.165, 1.54) is 17.8 Å². The molecule has 2 atom stereocenters. The SMILES string of the molecule is Cc1noc(C)c1C1CC(C)(c2cc(-c3cnc(F)nc3)c(F)cc2F)N=C(N)S1. The maximum Gasteiger partial charge on any atom is 0.308 e. The maximum absolute atomic E-state index is 14.9. The van der Waals surface area contributed by atoms with E-state index in [-0.39, 0.29) is 27.1 Å². The van der Waals surface area contributed by atoms with Crippen LogP contribution < -0.4 is 5.73 Å². The third-order valence-electron chi connectivity index (χ3n) is 5.18. The Morgan fingerprint density at radius 1 is 1.13 bits per heavy atom. The molecule has 10 heteroatoms. The number of hydrogen-bond donors (Lipinski definition) is 1. The number of halogens is 3. The second-order valence-corrected chi connectivity index (χ2v) is 8.55. The van der Waals surface area contributed by atoms with Crippen LogP contribution in [0.25, 0.3) is 11.1 Å². The summed E-state index contributed by atoms with van der Waals surface area (Å²) in [5.41, 5.74) is 7.09. The van der Waals surface area contributed by atoms with Crippen molar-refractivity contribution in [2.24, 2.45) is 10.7 Å². The Kier molecular flexibility index (Phi) is 5.05. The Bertz CT molecular complexity index is 1130. The van der Waals surface area contributed by atoms with Crippen LogP contribution >= 0.6 is 11.8 Å². The maximum atomic E-state index is 14.9. The topological polar surface area (TPSA) is 90.2 Å². The van der Waals surface area contributed by atoms with Gasteiger partial charge in [0, 0.05) is 46.0 Å². The fourth-order valence-corrected chi connectivity index (χ4v) is 5.19. The van der Waals surface area contributed by atoms with Crippen molar-refractivity contribution in [3.63, 3.8) is 0 Å². The lowest BCUT2D eigenvalue weighted by atomic mass is 9.84. The zero-order valence-electron chi connectivity index (χ0n) is 16.4. The lowest BCUT2D eigenvalue weighted by molar-refractivity contribution is 0.389. The number of benzene rings is 1. The minimum atomic E-state index is -1.07. The van der Waals surface area contributed by atoms with Gasteiger partial charge in [-0.05, 0) is 33.3 Å². The molecule has 0 amide bonds. The van der Waals surface area contributed by atoms with Gasteiger partial charge in [-0.3, -0.25) is 4.99 Å². The molecule has 1 aliphatic rings. The molecule has 3 aromatic rings. The zero-order valence-corrected chi connectivity index (χ0v) is 17.2. The van der Waals surface area contributed by atoms with Crippen LogP contribution in [0.5, 0.6) is 0 Å². The van der Waals surface area contributed by atoms with Crippen LogP contribution in [0.4, 0.5) is 13.2 Å². The summed E-state index contributed by atoms with van der Waals surface area (Å²) >= 11 is 1.35. The summed E-state index contributed by atoms with van der Waals surface area (Å²) in [5.74, 6) is -0.895. The van der Waals surface area contributed by atoms with Gasteiger partial charge in [0.15, 0.2) is 5.17 Å². The second-order valence-electron chi connectivity index (χ2n) is 7.33. The first-order valence-corrected chi connectivity index (χ1v) is 9.98. The van der Waals surface area contributed by atoms with Crippen molar-refractivity contribution in [3.8, 4) is 11.1 Å². The van der Waals surface area contributed by atoms with Crippen molar-refractivity contribution in [3.05, 3.63) is 64.8 Å². The fourth-order valence-electron chi connectivity index (χ4n) is 3.78. The first kappa shape index (κ1) is 20.4. The van der Waals surface area contributed by atoms with Crippen molar-refractivity contribution in [2.75, 3.05) is 0 Å². The average Bonchev–Trinajstić information content (AvgIpc) is 3.00. The molecule has 0 saturated carbocycles. The number of nitrogens with zero attached hydrogens (tertiary/aromatic N) is 4. The van der Waals surface area contributed by atoms with Gasteiger partial charge in [0.1, 0.15) is 17.4 Å². The highest BCUT2D eigenvalue weighted by molar-refractivity contribution is 8.14. The molecular formula is C20H18F3N5OS. The van der Waals surface area contributed by atoms with Crippen LogP contribution in [-0.2, 0) is 5.54 Å². The minimum absolute atomic E-state index is 0.0495. The third-order valence-corrected chi connectivity index (χ3v) is 6.20. The van der Waals surface area contributed by atoms with Crippen molar-refractivity contribution >= 4 is 16.9 Å². The predicted molar refractivity (Wildman–Crippen MR) is 107 cm³/mol. The first-order valence-electron chi connectivity index (χ1n) is 9.10. The molecule has 0 aliphatic carbocycles. The zero-order chi connectivity index (χ0) is 21.6. The molecule has 3 heterocycles. The van der Waals surface area contributed by atoms with E-state index in [4.69, 9.17) is 10.3 Å². The molecule has 6 nitrogen and oxygen atoms in total. The van der Waals surface area contributed by atoms with Crippen LogP contribution in [0.15, 0.2) is 34.0 Å². The van der Waals surface area contributed by atoms with E-state index < -0.39 is 23.3 Å². The highest BCUT2D eigenvalue weighted by atomic mass is 32.2. The number of aromatic nitrogens is 3. The number of hydrogen-bond acceptors (Lipinski definition) is 7. The number of nitrogens with two attached hydrogens (primary N) is 1. The van der Waals surface area contributed by atoms with Crippen LogP contribution in [-0.4, -0.2) is 20.3 Å². The van der Waals surface area contributed by atoms with Crippen LogP contribution in [0, 0.1) is 31.6 Å². The molecule has 0 bridgehead atoms. The molecule has 30 heavy (non-hydrogen) atoms. The summed E-state index contributed by atoms with van der Waals surface area (Å²) in [6.45, 7) is 5.38. The van der Waals surface area contributed by atoms with Crippen LogP contribution in [0.1, 0.15) is 41.2 Å². The van der Waals surface area contributed by atoms with Gasteiger partial charge in [-0.15, -0.1) is 0 Å². The minimum Gasteiger partial charge on any atom is -0.378 e. The molecule has 1 aromatic carbocycles. The van der Waals surface area contributed by atoms with E-state index >= 15 is 0 Å². The highest BCUT2D eigenvalue weighted by Crippen LogP contribution is 2.49. The Morgan fingerprint density at radius 2 is 1.83 bits per heavy atom. The van der Waals surface area contributed by atoms with Crippen molar-refractivity contribution in [1.29, 1.82) is 0 Å². The van der Waals surface area contributed by atoms with E-state index in [1.54, 1.807) is 13.8 Å². The van der Waals surface area contributed by atoms with Gasteiger partial charge in [0.2, 0.25) is 0 Å². The number of aliphatic imine (C=N–C) groups is 1. The summed E-state index contributed by atoms with van der Waals surface area (Å²) in [4.78, 5) is 11.4. The Hall–Kier alpha value is -2.88. The Balaban J connectivity index is 1.81. The monoisotopic (exact) mass is 433 g/mol. The summed E-state index contributed by atoms with van der Waals surface area (Å²) in [5, 5.41) is 4.11. The van der Waals surface area contributed by atoms with E-state index in [9.17, 15) is 13.2 Å². The lowest BCUT2D eigenvalue weighted by Gasteiger charge is -2.35. The van der Waals surface area contributed by atoms with Crippen molar-refractivity contribution in [2.45, 2.75) is 38.0 Å². The van der Waals surface area contributed by atoms with Gasteiger partial charge in [-0.25, -0.2) is 18.7 Å². The molecule has 2 N–H and O–H groups in total. The van der Waals surface area contributed by atoms with Crippen LogP contribution in [0.2, 0.25) is 0 Å². The number of aryl methyl sites for hydroxylation is 2. The van der Waals surface area contributed by atoms with Gasteiger partial charge in [-0.2, -0.15) is 4.39 Å². The molecule has 2 aromatic heterocycles. The molecule has 4 rings (SSSR count). The highest BCUT2D eigenvalue weighted by Gasteiger charge is 2.39. The number of amidine groups is 1. The van der Waals surface area contributed by atoms with E-state index in [0.717, 1.165) is 29.7 Å². The smallest absolute Gasteiger partial charge is 0.308 e. The third kappa shape index (κ3) is 3.55. The van der Waals surface area contributed by atoms with Gasteiger partial charge >= 0.3 is 6.08 Å². The average molecular weight is 433 g/mol. The van der Waals surface area contributed by atoms with E-state index in [1.807, 2.05) is 6.92 Å². The number of rotatable bonds is 3. The van der Waals surface area contributed by atoms with Crippen LogP contribution in [0.3, 0.4) is 0 Å². The van der Waals surface area contributed by atoms with Gasteiger partial charge in [-0.1, -0.05) is 16.9 Å². The number of thioether (sulfide) groups is 1. The lowest BCUT2D eigenvalue weighted by Crippen LogP contribution is -2.31. The molecule has 0 saturated heterocycles. The van der Waals surface area contributed by atoms with Crippen molar-refractivity contribution in [1.82, 2.24) is 15.1 Å². The summed E-state index contributed by atoms with van der Waals surface area (Å²) in [6.07, 6.45) is 1.75. The Labute approximate surface area is 174 Å². The van der Waals surface area contributed by atoms with Gasteiger partial charge in [0.05, 0.1) is 11.2 Å². The largest absolute Gasteiger partial charge is 0.378 e. The first-order chi connectivity index (χ1) is 14.2. The van der Waals surface area contributed by atoms with Gasteiger partial charge < -0.3 is 10.3 Å². The molecule has 0 spiro atoms. The summed E-state index contributed by atoms with van der Waals surface area (Å²) in [6, 6.07) is 2.15. The molecule has 1 aliphatic heterocycles. The van der Waals surface area contributed by atoms with E-state index in [2.05, 4.69) is 20.1 Å². The standard InChI is InChI=1S/C20H18F3N5OS/c1-9-17(10(2)29-28-9)16-6-20(3,27-19(24)30-16)13-4-12(14(21)5-15(13)22)11-7-25-18(23)26-8-11/h4-5,7-8,16H,6H2,1-3H3,(H2,24,27). The molecule has 2 unspecified atom stereocenters. The molecule has 0 fully saturated rings. The molecule has 156 valence electrons. The molecule has 0 radical (unpaired) electrons. The Morgan fingerprint density at radius 3 is 2.47 bits per heavy atom. The fraction of sp³-hybridized carbons (Fsp3) is 0.300. The van der Waals surface area contributed by atoms with Crippen molar-refractivity contribution < 1.29 is 17.7 Å². The summed E-state index contributed by atoms with van der Waals surface area (Å²) < 4.78 is 47.8. The van der Waals surface area contributed by atoms with E-state index in [0.29, 0.717) is 12.2 Å². The second kappa shape index (κ2) is 7.42. The predicted octanol–water partition coefficient (Wildman–Crippen LogP) is 4.57. The van der Waals surface area contributed by atoms with Gasteiger partial charge in [0.25, 0.3) is 0 Å². The normalized spacial score (nSPS) is 21.5. The molecular weight excluding hydrogens is 415 g/mol. The summed E-state index contributed by atoms with van der Waals surface area (Å²) in [7, 11) is 0. The quantitative estimate of drug-likeness (QED) is 0.609.